The molecule has 0 amide bonds. The summed E-state index contributed by atoms with van der Waals surface area (Å²) in [7, 11) is 0. The van der Waals surface area contributed by atoms with Crippen LogP contribution >= 0.6 is 0 Å². The van der Waals surface area contributed by atoms with Crippen molar-refractivity contribution in [3.63, 3.8) is 0 Å². The maximum atomic E-state index is 11.4. The van der Waals surface area contributed by atoms with E-state index < -0.39 is 0 Å². The Hall–Kier alpha value is -2.04. The molecule has 5 nitrogen and oxygen atoms in total. The van der Waals surface area contributed by atoms with Crippen LogP contribution < -0.4 is 11.4 Å². The Kier molecular flexibility index (Phi) is 1.85. The molecule has 2 rings (SSSR count). The standard InChI is InChI=1S/C9H10N4O/c1-6-4-2-3-5-7(6)13-8(10)11-12-9(13)14/h2-5H,1H3,(H2,10,11)(H,12,14). The molecule has 0 aliphatic carbocycles. The molecule has 0 atom stereocenters. The van der Waals surface area contributed by atoms with Crippen LogP contribution in [0.25, 0.3) is 5.69 Å². The van der Waals surface area contributed by atoms with Crippen molar-refractivity contribution in [2.75, 3.05) is 5.73 Å². The molecule has 0 unspecified atom stereocenters. The lowest BCUT2D eigenvalue weighted by Gasteiger charge is -2.05. The summed E-state index contributed by atoms with van der Waals surface area (Å²) in [6.07, 6.45) is 0. The molecule has 1 heterocycles. The summed E-state index contributed by atoms with van der Waals surface area (Å²) in [5.41, 5.74) is 6.97. The van der Waals surface area contributed by atoms with Gasteiger partial charge in [0.25, 0.3) is 0 Å². The molecule has 1 aromatic carbocycles. The fourth-order valence-electron chi connectivity index (χ4n) is 1.36. The van der Waals surface area contributed by atoms with Crippen LogP contribution in [-0.2, 0) is 0 Å². The summed E-state index contributed by atoms with van der Waals surface area (Å²) in [6.45, 7) is 1.91. The SMILES string of the molecule is Cc1ccccc1-n1c(N)n[nH]c1=O. The van der Waals surface area contributed by atoms with Gasteiger partial charge in [-0.05, 0) is 18.6 Å². The highest BCUT2D eigenvalue weighted by atomic mass is 16.1. The van der Waals surface area contributed by atoms with E-state index >= 15 is 0 Å². The van der Waals surface area contributed by atoms with Crippen molar-refractivity contribution in [3.05, 3.63) is 40.3 Å². The topological polar surface area (TPSA) is 76.7 Å². The molecule has 14 heavy (non-hydrogen) atoms. The van der Waals surface area contributed by atoms with Crippen molar-refractivity contribution in [1.29, 1.82) is 0 Å². The molecule has 0 aliphatic rings. The zero-order chi connectivity index (χ0) is 10.1. The summed E-state index contributed by atoms with van der Waals surface area (Å²) in [5.74, 6) is 0.171. The van der Waals surface area contributed by atoms with Gasteiger partial charge in [0.15, 0.2) is 0 Å². The van der Waals surface area contributed by atoms with Crippen molar-refractivity contribution in [2.45, 2.75) is 6.92 Å². The molecule has 0 bridgehead atoms. The van der Waals surface area contributed by atoms with Gasteiger partial charge in [-0.2, -0.15) is 0 Å². The maximum Gasteiger partial charge on any atom is 0.349 e. The molecule has 0 aliphatic heterocycles. The minimum atomic E-state index is -0.322. The smallest absolute Gasteiger partial charge is 0.349 e. The lowest BCUT2D eigenvalue weighted by atomic mass is 10.2. The van der Waals surface area contributed by atoms with E-state index in [1.807, 2.05) is 31.2 Å². The van der Waals surface area contributed by atoms with Gasteiger partial charge in [-0.3, -0.25) is 0 Å². The zero-order valence-corrected chi connectivity index (χ0v) is 7.69. The first-order valence-corrected chi connectivity index (χ1v) is 4.19. The van der Waals surface area contributed by atoms with Crippen LogP contribution in [0.1, 0.15) is 5.56 Å². The van der Waals surface area contributed by atoms with Crippen molar-refractivity contribution < 1.29 is 0 Å². The largest absolute Gasteiger partial charge is 0.368 e. The number of nitrogen functional groups attached to an aromatic ring is 1. The normalized spacial score (nSPS) is 10.4. The summed E-state index contributed by atoms with van der Waals surface area (Å²) in [6, 6.07) is 7.48. The third-order valence-electron chi connectivity index (χ3n) is 2.05. The maximum absolute atomic E-state index is 11.4. The third-order valence-corrected chi connectivity index (χ3v) is 2.05. The second kappa shape index (κ2) is 3.02. The third kappa shape index (κ3) is 1.19. The number of aryl methyl sites for hydroxylation is 1. The predicted octanol–water partition coefficient (Wildman–Crippen LogP) is 0.451. The highest BCUT2D eigenvalue weighted by Crippen LogP contribution is 2.12. The quantitative estimate of drug-likeness (QED) is 0.685. The van der Waals surface area contributed by atoms with E-state index in [0.717, 1.165) is 11.3 Å². The number of aromatic nitrogens is 3. The van der Waals surface area contributed by atoms with Crippen LogP contribution in [0.4, 0.5) is 5.95 Å². The van der Waals surface area contributed by atoms with Crippen LogP contribution in [0.5, 0.6) is 0 Å². The lowest BCUT2D eigenvalue weighted by molar-refractivity contribution is 0.977. The minimum Gasteiger partial charge on any atom is -0.368 e. The van der Waals surface area contributed by atoms with Gasteiger partial charge in [0, 0.05) is 0 Å². The first-order valence-electron chi connectivity index (χ1n) is 4.19. The average Bonchev–Trinajstić information content (AvgIpc) is 2.48. The molecule has 2 aromatic rings. The Morgan fingerprint density at radius 1 is 1.43 bits per heavy atom. The number of aromatic amines is 1. The molecule has 0 saturated heterocycles. The molecule has 3 N–H and O–H groups in total. The summed E-state index contributed by atoms with van der Waals surface area (Å²) in [5, 5.41) is 5.93. The van der Waals surface area contributed by atoms with Crippen molar-refractivity contribution >= 4 is 5.95 Å². The summed E-state index contributed by atoms with van der Waals surface area (Å²) in [4.78, 5) is 11.4. The van der Waals surface area contributed by atoms with Gasteiger partial charge in [0.2, 0.25) is 5.95 Å². The Labute approximate surface area is 80.2 Å². The highest BCUT2D eigenvalue weighted by molar-refractivity contribution is 5.43. The van der Waals surface area contributed by atoms with Crippen molar-refractivity contribution in [2.24, 2.45) is 0 Å². The molecule has 72 valence electrons. The minimum absolute atomic E-state index is 0.171. The van der Waals surface area contributed by atoms with Gasteiger partial charge in [-0.15, -0.1) is 5.10 Å². The molecule has 5 heteroatoms. The second-order valence-corrected chi connectivity index (χ2v) is 3.01. The second-order valence-electron chi connectivity index (χ2n) is 3.01. The number of anilines is 1. The number of hydrogen-bond donors (Lipinski definition) is 2. The Morgan fingerprint density at radius 2 is 2.14 bits per heavy atom. The molecule has 0 saturated carbocycles. The zero-order valence-electron chi connectivity index (χ0n) is 7.69. The van der Waals surface area contributed by atoms with Crippen LogP contribution in [0, 0.1) is 6.92 Å². The van der Waals surface area contributed by atoms with E-state index in [4.69, 9.17) is 5.73 Å². The van der Waals surface area contributed by atoms with Crippen LogP contribution in [0.3, 0.4) is 0 Å². The van der Waals surface area contributed by atoms with Crippen molar-refractivity contribution in [1.82, 2.24) is 14.8 Å². The van der Waals surface area contributed by atoms with Gasteiger partial charge >= 0.3 is 5.69 Å². The molecule has 1 aromatic heterocycles. The number of H-pyrrole nitrogens is 1. The summed E-state index contributed by atoms with van der Waals surface area (Å²) >= 11 is 0. The van der Waals surface area contributed by atoms with Crippen LogP contribution in [0.2, 0.25) is 0 Å². The number of para-hydroxylation sites is 1. The van der Waals surface area contributed by atoms with E-state index in [9.17, 15) is 4.79 Å². The lowest BCUT2D eigenvalue weighted by Crippen LogP contribution is -2.17. The number of benzene rings is 1. The Balaban J connectivity index is 2.72. The first-order chi connectivity index (χ1) is 6.70. The van der Waals surface area contributed by atoms with Crippen LogP contribution in [-0.4, -0.2) is 14.8 Å². The van der Waals surface area contributed by atoms with Gasteiger partial charge in [-0.1, -0.05) is 18.2 Å². The number of rotatable bonds is 1. The number of nitrogens with two attached hydrogens (primary N) is 1. The van der Waals surface area contributed by atoms with Crippen LogP contribution in [0.15, 0.2) is 29.1 Å². The Bertz CT molecular complexity index is 512. The molecular weight excluding hydrogens is 180 g/mol. The number of nitrogens with zero attached hydrogens (tertiary/aromatic N) is 2. The molecule has 0 spiro atoms. The van der Waals surface area contributed by atoms with E-state index in [2.05, 4.69) is 10.2 Å². The van der Waals surface area contributed by atoms with Gasteiger partial charge in [0.05, 0.1) is 5.69 Å². The predicted molar refractivity (Wildman–Crippen MR) is 53.3 cm³/mol. The molecule has 0 radical (unpaired) electrons. The number of hydrogen-bond acceptors (Lipinski definition) is 3. The summed E-state index contributed by atoms with van der Waals surface area (Å²) < 4.78 is 1.34. The van der Waals surface area contributed by atoms with Gasteiger partial charge in [-0.25, -0.2) is 14.5 Å². The average molecular weight is 190 g/mol. The Morgan fingerprint density at radius 3 is 2.71 bits per heavy atom. The highest BCUT2D eigenvalue weighted by Gasteiger charge is 2.07. The fourth-order valence-corrected chi connectivity index (χ4v) is 1.36. The van der Waals surface area contributed by atoms with Gasteiger partial charge < -0.3 is 5.73 Å². The van der Waals surface area contributed by atoms with E-state index in [1.54, 1.807) is 0 Å². The van der Waals surface area contributed by atoms with E-state index in [0.29, 0.717) is 0 Å². The molecule has 0 fully saturated rings. The first kappa shape index (κ1) is 8.55. The fraction of sp³-hybridized carbons (Fsp3) is 0.111. The van der Waals surface area contributed by atoms with Gasteiger partial charge in [0.1, 0.15) is 0 Å². The monoisotopic (exact) mass is 190 g/mol. The van der Waals surface area contributed by atoms with Crippen molar-refractivity contribution in [3.8, 4) is 5.69 Å². The molecular formula is C9H10N4O. The van der Waals surface area contributed by atoms with E-state index in [-0.39, 0.29) is 11.6 Å². The number of nitrogens with one attached hydrogen (secondary N) is 1. The van der Waals surface area contributed by atoms with E-state index in [1.165, 1.54) is 4.57 Å².